The van der Waals surface area contributed by atoms with Crippen LogP contribution in [-0.4, -0.2) is 27.5 Å². The summed E-state index contributed by atoms with van der Waals surface area (Å²) in [5, 5.41) is 3.85. The first-order valence-corrected chi connectivity index (χ1v) is 10.3. The molecule has 4 rings (SSSR count). The average molecular weight is 375 g/mol. The van der Waals surface area contributed by atoms with Crippen molar-refractivity contribution in [3.63, 3.8) is 0 Å². The first-order chi connectivity index (χ1) is 12.4. The number of amides is 1. The fourth-order valence-corrected chi connectivity index (χ4v) is 5.78. The molecular weight excluding hydrogens is 348 g/mol. The molecule has 0 radical (unpaired) electrons. The second-order valence-corrected chi connectivity index (χ2v) is 9.12. The number of aromatic nitrogens is 2. The number of fused-ring (bicyclic) bond motifs is 3. The monoisotopic (exact) mass is 374 g/mol. The number of nitrogens with one attached hydrogen (secondary N) is 1. The summed E-state index contributed by atoms with van der Waals surface area (Å²) in [5.74, 6) is 0.844. The van der Waals surface area contributed by atoms with Crippen LogP contribution in [0.2, 0.25) is 0 Å². The zero-order chi connectivity index (χ0) is 18.4. The second-order valence-electron chi connectivity index (χ2n) is 7.92. The minimum atomic E-state index is -0.127. The quantitative estimate of drug-likeness (QED) is 0.861. The van der Waals surface area contributed by atoms with E-state index >= 15 is 0 Å². The van der Waals surface area contributed by atoms with Crippen molar-refractivity contribution in [1.82, 2.24) is 14.9 Å². The fourth-order valence-electron chi connectivity index (χ4n) is 4.79. The SMILES string of the molecule is Cc1sc2ncn(CC(=O)NC3C4CCCC3CC(N)C4)c(=O)c2c1C. The highest BCUT2D eigenvalue weighted by molar-refractivity contribution is 7.18. The Morgan fingerprint density at radius 3 is 2.73 bits per heavy atom. The predicted molar refractivity (Wildman–Crippen MR) is 103 cm³/mol. The van der Waals surface area contributed by atoms with E-state index in [1.807, 2.05) is 13.8 Å². The number of thiophene rings is 1. The molecule has 2 bridgehead atoms. The maximum absolute atomic E-state index is 12.8. The number of carbonyl (C=O) groups is 1. The zero-order valence-corrected chi connectivity index (χ0v) is 16.1. The average Bonchev–Trinajstić information content (AvgIpc) is 2.86. The van der Waals surface area contributed by atoms with E-state index < -0.39 is 0 Å². The minimum absolute atomic E-state index is 0.0259. The number of hydrogen-bond donors (Lipinski definition) is 2. The van der Waals surface area contributed by atoms with Gasteiger partial charge >= 0.3 is 0 Å². The van der Waals surface area contributed by atoms with Gasteiger partial charge in [0.1, 0.15) is 11.4 Å². The van der Waals surface area contributed by atoms with E-state index in [1.165, 1.54) is 28.7 Å². The Balaban J connectivity index is 1.52. The van der Waals surface area contributed by atoms with E-state index in [1.54, 1.807) is 0 Å². The largest absolute Gasteiger partial charge is 0.351 e. The predicted octanol–water partition coefficient (Wildman–Crippen LogP) is 2.10. The van der Waals surface area contributed by atoms with Gasteiger partial charge in [-0.1, -0.05) is 6.42 Å². The highest BCUT2D eigenvalue weighted by Gasteiger charge is 2.39. The van der Waals surface area contributed by atoms with Crippen LogP contribution < -0.4 is 16.6 Å². The number of hydrogen-bond acceptors (Lipinski definition) is 5. The Labute approximate surface area is 156 Å². The van der Waals surface area contributed by atoms with Gasteiger partial charge in [0.05, 0.1) is 11.7 Å². The lowest BCUT2D eigenvalue weighted by Gasteiger charge is -2.45. The van der Waals surface area contributed by atoms with Crippen molar-refractivity contribution < 1.29 is 4.79 Å². The molecule has 0 aliphatic heterocycles. The molecule has 2 aromatic heterocycles. The van der Waals surface area contributed by atoms with Gasteiger partial charge in [0.25, 0.3) is 5.56 Å². The Morgan fingerprint density at radius 1 is 1.35 bits per heavy atom. The number of nitrogens with two attached hydrogens (primary N) is 1. The van der Waals surface area contributed by atoms with Crippen LogP contribution in [0.15, 0.2) is 11.1 Å². The van der Waals surface area contributed by atoms with Gasteiger partial charge < -0.3 is 11.1 Å². The third kappa shape index (κ3) is 3.07. The van der Waals surface area contributed by atoms with E-state index in [9.17, 15) is 9.59 Å². The van der Waals surface area contributed by atoms with Gasteiger partial charge in [-0.05, 0) is 56.9 Å². The molecule has 2 fully saturated rings. The topological polar surface area (TPSA) is 90.0 Å². The lowest BCUT2D eigenvalue weighted by atomic mass is 9.67. The van der Waals surface area contributed by atoms with Gasteiger partial charge in [-0.2, -0.15) is 0 Å². The van der Waals surface area contributed by atoms with E-state index in [0.29, 0.717) is 17.2 Å². The molecule has 0 saturated heterocycles. The molecule has 0 aromatic carbocycles. The Kier molecular flexibility index (Phi) is 4.61. The van der Waals surface area contributed by atoms with Crippen molar-refractivity contribution >= 4 is 27.5 Å². The van der Waals surface area contributed by atoms with Crippen LogP contribution >= 0.6 is 11.3 Å². The van der Waals surface area contributed by atoms with Crippen molar-refractivity contribution in [2.24, 2.45) is 17.6 Å². The molecule has 2 heterocycles. The highest BCUT2D eigenvalue weighted by atomic mass is 32.1. The van der Waals surface area contributed by atoms with Crippen molar-refractivity contribution in [2.45, 2.75) is 64.6 Å². The molecule has 7 heteroatoms. The molecule has 140 valence electrons. The Bertz CT molecular complexity index is 889. The summed E-state index contributed by atoms with van der Waals surface area (Å²) < 4.78 is 1.43. The van der Waals surface area contributed by atoms with E-state index in [0.717, 1.165) is 41.0 Å². The zero-order valence-electron chi connectivity index (χ0n) is 15.3. The third-order valence-corrected chi connectivity index (χ3v) is 7.29. The van der Waals surface area contributed by atoms with Gasteiger partial charge in [0.15, 0.2) is 0 Å². The molecule has 2 aliphatic carbocycles. The maximum atomic E-state index is 12.8. The number of nitrogens with zero attached hydrogens (tertiary/aromatic N) is 2. The fraction of sp³-hybridized carbons (Fsp3) is 0.632. The Hall–Kier alpha value is -1.73. The van der Waals surface area contributed by atoms with Gasteiger partial charge in [-0.15, -0.1) is 11.3 Å². The van der Waals surface area contributed by atoms with Gasteiger partial charge in [-0.3, -0.25) is 14.2 Å². The normalized spacial score (nSPS) is 28.3. The molecule has 2 aliphatic rings. The van der Waals surface area contributed by atoms with Crippen LogP contribution in [0.5, 0.6) is 0 Å². The molecule has 2 atom stereocenters. The molecule has 1 amide bonds. The second kappa shape index (κ2) is 6.78. The molecule has 2 unspecified atom stereocenters. The minimum Gasteiger partial charge on any atom is -0.351 e. The van der Waals surface area contributed by atoms with E-state index in [-0.39, 0.29) is 30.1 Å². The molecule has 0 spiro atoms. The van der Waals surface area contributed by atoms with E-state index in [4.69, 9.17) is 5.73 Å². The lowest BCUT2D eigenvalue weighted by molar-refractivity contribution is -0.124. The van der Waals surface area contributed by atoms with Crippen LogP contribution in [0.25, 0.3) is 10.2 Å². The summed E-state index contributed by atoms with van der Waals surface area (Å²) in [7, 11) is 0. The summed E-state index contributed by atoms with van der Waals surface area (Å²) in [4.78, 5) is 31.6. The molecule has 2 saturated carbocycles. The maximum Gasteiger partial charge on any atom is 0.262 e. The van der Waals surface area contributed by atoms with Crippen molar-refractivity contribution in [2.75, 3.05) is 0 Å². The van der Waals surface area contributed by atoms with Crippen LogP contribution in [0.4, 0.5) is 0 Å². The van der Waals surface area contributed by atoms with Gasteiger partial charge in [-0.25, -0.2) is 4.98 Å². The summed E-state index contributed by atoms with van der Waals surface area (Å²) >= 11 is 1.52. The highest BCUT2D eigenvalue weighted by Crippen LogP contribution is 2.39. The van der Waals surface area contributed by atoms with Crippen molar-refractivity contribution in [1.29, 1.82) is 0 Å². The first kappa shape index (κ1) is 17.7. The van der Waals surface area contributed by atoms with Crippen LogP contribution in [-0.2, 0) is 11.3 Å². The summed E-state index contributed by atoms with van der Waals surface area (Å²) in [5.41, 5.74) is 7.00. The Morgan fingerprint density at radius 2 is 2.04 bits per heavy atom. The first-order valence-electron chi connectivity index (χ1n) is 9.44. The van der Waals surface area contributed by atoms with Crippen molar-refractivity contribution in [3.8, 4) is 0 Å². The molecular formula is C19H26N4O2S. The van der Waals surface area contributed by atoms with Crippen LogP contribution in [0.3, 0.4) is 0 Å². The number of aryl methyl sites for hydroxylation is 2. The van der Waals surface area contributed by atoms with Crippen LogP contribution in [0.1, 0.15) is 42.5 Å². The lowest BCUT2D eigenvalue weighted by Crippen LogP contribution is -2.54. The summed E-state index contributed by atoms with van der Waals surface area (Å²) in [6.45, 7) is 3.96. The number of rotatable bonds is 3. The van der Waals surface area contributed by atoms with Crippen molar-refractivity contribution in [3.05, 3.63) is 27.1 Å². The molecule has 3 N–H and O–H groups in total. The summed E-state index contributed by atoms with van der Waals surface area (Å²) in [6, 6.07) is 0.464. The third-order valence-electron chi connectivity index (χ3n) is 6.17. The van der Waals surface area contributed by atoms with Gasteiger partial charge in [0.2, 0.25) is 5.91 Å². The smallest absolute Gasteiger partial charge is 0.262 e. The van der Waals surface area contributed by atoms with Gasteiger partial charge in [0, 0.05) is 17.0 Å². The molecule has 6 nitrogen and oxygen atoms in total. The molecule has 26 heavy (non-hydrogen) atoms. The number of carbonyl (C=O) groups excluding carboxylic acids is 1. The molecule has 2 aromatic rings. The summed E-state index contributed by atoms with van der Waals surface area (Å²) in [6.07, 6.45) is 6.97. The standard InChI is InChI=1S/C19H26N4O2S/c1-10-11(2)26-18-16(10)19(25)23(9-21-18)8-15(24)22-17-12-4-3-5-13(17)7-14(20)6-12/h9,12-14,17H,3-8,20H2,1-2H3,(H,22,24). The van der Waals surface area contributed by atoms with Crippen LogP contribution in [0, 0.1) is 25.7 Å². The van der Waals surface area contributed by atoms with E-state index in [2.05, 4.69) is 10.3 Å².